The Balaban J connectivity index is 2.83. The molecule has 0 bridgehead atoms. The highest BCUT2D eigenvalue weighted by atomic mass is 16.3. The summed E-state index contributed by atoms with van der Waals surface area (Å²) in [6.45, 7) is 6.10. The molecule has 0 saturated carbocycles. The number of Topliss-reactive ketones (excluding diaryl/α,β-unsaturated/α-hetero) is 1. The number of carbonyl (C=O) groups excluding carboxylic acids is 1. The number of hydrogen-bond acceptors (Lipinski definition) is 2. The summed E-state index contributed by atoms with van der Waals surface area (Å²) >= 11 is 0. The van der Waals surface area contributed by atoms with E-state index in [1.54, 1.807) is 12.3 Å². The van der Waals surface area contributed by atoms with Crippen LogP contribution in [0.4, 0.5) is 0 Å². The van der Waals surface area contributed by atoms with Gasteiger partial charge in [-0.25, -0.2) is 0 Å². The van der Waals surface area contributed by atoms with Crippen molar-refractivity contribution in [3.8, 4) is 0 Å². The van der Waals surface area contributed by atoms with Crippen LogP contribution in [0.25, 0.3) is 0 Å². The van der Waals surface area contributed by atoms with Gasteiger partial charge in [-0.1, -0.05) is 20.8 Å². The molecule has 0 saturated heterocycles. The van der Waals surface area contributed by atoms with Crippen molar-refractivity contribution in [1.82, 2.24) is 0 Å². The molecular formula is C11H16O2. The van der Waals surface area contributed by atoms with Crippen molar-refractivity contribution in [2.45, 2.75) is 33.6 Å². The molecule has 0 amide bonds. The van der Waals surface area contributed by atoms with Crippen molar-refractivity contribution < 1.29 is 9.21 Å². The lowest BCUT2D eigenvalue weighted by molar-refractivity contribution is 0.0986. The van der Waals surface area contributed by atoms with Gasteiger partial charge in [0.25, 0.3) is 0 Å². The van der Waals surface area contributed by atoms with Crippen LogP contribution >= 0.6 is 0 Å². The van der Waals surface area contributed by atoms with E-state index in [0.717, 1.165) is 17.7 Å². The largest absolute Gasteiger partial charge is 0.469 e. The average molecular weight is 180 g/mol. The maximum absolute atomic E-state index is 11.4. The van der Waals surface area contributed by atoms with Gasteiger partial charge in [-0.2, -0.15) is 0 Å². The van der Waals surface area contributed by atoms with Gasteiger partial charge in [0, 0.05) is 12.8 Å². The minimum absolute atomic E-state index is 0.171. The normalized spacial score (nSPS) is 10.8. The van der Waals surface area contributed by atoms with E-state index in [9.17, 15) is 4.79 Å². The van der Waals surface area contributed by atoms with Crippen LogP contribution < -0.4 is 0 Å². The molecule has 1 rings (SSSR count). The first-order valence-corrected chi connectivity index (χ1v) is 4.74. The molecule has 2 heteroatoms. The Kier molecular flexibility index (Phi) is 3.29. The number of ketones is 1. The summed E-state index contributed by atoms with van der Waals surface area (Å²) in [6.07, 6.45) is 2.99. The second-order valence-electron chi connectivity index (χ2n) is 3.63. The van der Waals surface area contributed by atoms with Crippen molar-refractivity contribution in [3.63, 3.8) is 0 Å². The highest BCUT2D eigenvalue weighted by Crippen LogP contribution is 2.16. The Labute approximate surface area is 78.9 Å². The lowest BCUT2D eigenvalue weighted by atomic mass is 10.0. The molecule has 2 nitrogen and oxygen atoms in total. The van der Waals surface area contributed by atoms with Crippen LogP contribution in [-0.2, 0) is 6.42 Å². The second kappa shape index (κ2) is 4.26. The van der Waals surface area contributed by atoms with Gasteiger partial charge in [-0.15, -0.1) is 0 Å². The number of rotatable bonds is 4. The molecule has 0 unspecified atom stereocenters. The van der Waals surface area contributed by atoms with Crippen LogP contribution in [0.3, 0.4) is 0 Å². The highest BCUT2D eigenvalue weighted by Gasteiger charge is 2.13. The van der Waals surface area contributed by atoms with E-state index in [4.69, 9.17) is 4.42 Å². The van der Waals surface area contributed by atoms with E-state index in [1.165, 1.54) is 0 Å². The van der Waals surface area contributed by atoms with Crippen molar-refractivity contribution >= 4 is 5.78 Å². The zero-order chi connectivity index (χ0) is 9.84. The molecule has 1 aromatic rings. The van der Waals surface area contributed by atoms with Gasteiger partial charge in [-0.05, 0) is 12.0 Å². The summed E-state index contributed by atoms with van der Waals surface area (Å²) in [5.74, 6) is 1.53. The molecule has 0 N–H and O–H groups in total. The van der Waals surface area contributed by atoms with Crippen LogP contribution in [-0.4, -0.2) is 5.78 Å². The Morgan fingerprint density at radius 1 is 1.54 bits per heavy atom. The topological polar surface area (TPSA) is 30.2 Å². The maximum Gasteiger partial charge on any atom is 0.166 e. The van der Waals surface area contributed by atoms with Gasteiger partial charge in [0.2, 0.25) is 0 Å². The SMILES string of the molecule is CCC(=O)c1ccoc1CC(C)C. The van der Waals surface area contributed by atoms with Gasteiger partial charge in [-0.3, -0.25) is 4.79 Å². The van der Waals surface area contributed by atoms with E-state index < -0.39 is 0 Å². The van der Waals surface area contributed by atoms with Gasteiger partial charge < -0.3 is 4.42 Å². The maximum atomic E-state index is 11.4. The molecule has 0 spiro atoms. The number of carbonyl (C=O) groups is 1. The highest BCUT2D eigenvalue weighted by molar-refractivity contribution is 5.96. The van der Waals surface area contributed by atoms with Gasteiger partial charge >= 0.3 is 0 Å². The summed E-state index contributed by atoms with van der Waals surface area (Å²) in [6, 6.07) is 1.77. The van der Waals surface area contributed by atoms with E-state index >= 15 is 0 Å². The summed E-state index contributed by atoms with van der Waals surface area (Å²) < 4.78 is 5.28. The minimum atomic E-state index is 0.171. The minimum Gasteiger partial charge on any atom is -0.469 e. The fourth-order valence-electron chi connectivity index (χ4n) is 1.31. The summed E-state index contributed by atoms with van der Waals surface area (Å²) in [5, 5.41) is 0. The first kappa shape index (κ1) is 10.0. The van der Waals surface area contributed by atoms with E-state index in [-0.39, 0.29) is 5.78 Å². The van der Waals surface area contributed by atoms with Crippen LogP contribution in [0.1, 0.15) is 43.3 Å². The van der Waals surface area contributed by atoms with Gasteiger partial charge in [0.1, 0.15) is 5.76 Å². The summed E-state index contributed by atoms with van der Waals surface area (Å²) in [4.78, 5) is 11.4. The summed E-state index contributed by atoms with van der Waals surface area (Å²) in [7, 11) is 0. The van der Waals surface area contributed by atoms with Gasteiger partial charge in [0.05, 0.1) is 11.8 Å². The predicted octanol–water partition coefficient (Wildman–Crippen LogP) is 3.07. The fourth-order valence-corrected chi connectivity index (χ4v) is 1.31. The van der Waals surface area contributed by atoms with Crippen LogP contribution in [0.5, 0.6) is 0 Å². The fraction of sp³-hybridized carbons (Fsp3) is 0.545. The lowest BCUT2D eigenvalue weighted by Crippen LogP contribution is -2.01. The molecular weight excluding hydrogens is 164 g/mol. The van der Waals surface area contributed by atoms with Gasteiger partial charge in [0.15, 0.2) is 5.78 Å². The zero-order valence-corrected chi connectivity index (χ0v) is 8.46. The van der Waals surface area contributed by atoms with Crippen LogP contribution in [0.2, 0.25) is 0 Å². The van der Waals surface area contributed by atoms with E-state index in [1.807, 2.05) is 6.92 Å². The lowest BCUT2D eigenvalue weighted by Gasteiger charge is -2.03. The van der Waals surface area contributed by atoms with E-state index in [0.29, 0.717) is 12.3 Å². The van der Waals surface area contributed by atoms with Crippen molar-refractivity contribution in [1.29, 1.82) is 0 Å². The molecule has 0 radical (unpaired) electrons. The molecule has 0 atom stereocenters. The zero-order valence-electron chi connectivity index (χ0n) is 8.46. The molecule has 13 heavy (non-hydrogen) atoms. The Hall–Kier alpha value is -1.05. The molecule has 0 aliphatic heterocycles. The number of furan rings is 1. The molecule has 0 fully saturated rings. The smallest absolute Gasteiger partial charge is 0.166 e. The Bertz CT molecular complexity index is 284. The third kappa shape index (κ3) is 2.44. The first-order valence-electron chi connectivity index (χ1n) is 4.74. The van der Waals surface area contributed by atoms with Crippen molar-refractivity contribution in [2.24, 2.45) is 5.92 Å². The second-order valence-corrected chi connectivity index (χ2v) is 3.63. The van der Waals surface area contributed by atoms with Crippen LogP contribution in [0.15, 0.2) is 16.7 Å². The number of hydrogen-bond donors (Lipinski definition) is 0. The molecule has 0 aliphatic rings. The average Bonchev–Trinajstić information content (AvgIpc) is 2.50. The first-order chi connectivity index (χ1) is 6.15. The van der Waals surface area contributed by atoms with Crippen molar-refractivity contribution in [3.05, 3.63) is 23.7 Å². The van der Waals surface area contributed by atoms with E-state index in [2.05, 4.69) is 13.8 Å². The van der Waals surface area contributed by atoms with Crippen molar-refractivity contribution in [2.75, 3.05) is 0 Å². The Morgan fingerprint density at radius 3 is 2.77 bits per heavy atom. The molecule has 0 aromatic carbocycles. The monoisotopic (exact) mass is 180 g/mol. The Morgan fingerprint density at radius 2 is 2.23 bits per heavy atom. The third-order valence-corrected chi connectivity index (χ3v) is 1.96. The predicted molar refractivity (Wildman–Crippen MR) is 51.9 cm³/mol. The third-order valence-electron chi connectivity index (χ3n) is 1.96. The van der Waals surface area contributed by atoms with Crippen LogP contribution in [0, 0.1) is 5.92 Å². The standard InChI is InChI=1S/C11H16O2/c1-4-10(12)9-5-6-13-11(9)7-8(2)3/h5-6,8H,4,7H2,1-3H3. The molecule has 0 aliphatic carbocycles. The summed E-state index contributed by atoms with van der Waals surface area (Å²) in [5.41, 5.74) is 0.760. The molecule has 1 aromatic heterocycles. The molecule has 1 heterocycles. The quantitative estimate of drug-likeness (QED) is 0.666. The molecule has 72 valence electrons.